The molecule has 0 saturated carbocycles. The summed E-state index contributed by atoms with van der Waals surface area (Å²) in [6.45, 7) is 2.21. The Hall–Kier alpha value is -1.76. The average molecular weight is 225 g/mol. The largest absolute Gasteiger partial charge is 0.388 e. The molecule has 0 saturated heterocycles. The van der Waals surface area contributed by atoms with Gasteiger partial charge in [-0.2, -0.15) is 0 Å². The SMILES string of the molecule is CCCc1ccc(-c2ccccc2)c(NC)c1. The van der Waals surface area contributed by atoms with Crippen molar-refractivity contribution in [3.05, 3.63) is 54.1 Å². The fourth-order valence-electron chi connectivity index (χ4n) is 2.11. The molecular formula is C16H19N. The molecule has 0 fully saturated rings. The number of hydrogen-bond acceptors (Lipinski definition) is 1. The van der Waals surface area contributed by atoms with Gasteiger partial charge in [0.2, 0.25) is 0 Å². The monoisotopic (exact) mass is 225 g/mol. The molecule has 0 bridgehead atoms. The van der Waals surface area contributed by atoms with E-state index >= 15 is 0 Å². The van der Waals surface area contributed by atoms with Crippen molar-refractivity contribution in [1.82, 2.24) is 0 Å². The molecular weight excluding hydrogens is 206 g/mol. The zero-order valence-corrected chi connectivity index (χ0v) is 10.5. The van der Waals surface area contributed by atoms with E-state index in [4.69, 9.17) is 0 Å². The molecule has 2 rings (SSSR count). The van der Waals surface area contributed by atoms with Gasteiger partial charge in [-0.25, -0.2) is 0 Å². The first-order valence-corrected chi connectivity index (χ1v) is 6.21. The lowest BCUT2D eigenvalue weighted by Crippen LogP contribution is -1.94. The molecule has 0 aliphatic heterocycles. The van der Waals surface area contributed by atoms with Gasteiger partial charge >= 0.3 is 0 Å². The van der Waals surface area contributed by atoms with Crippen molar-refractivity contribution in [3.8, 4) is 11.1 Å². The standard InChI is InChI=1S/C16H19N/c1-3-7-13-10-11-15(16(12-13)17-2)14-8-5-4-6-9-14/h4-6,8-12,17H,3,7H2,1-2H3. The van der Waals surface area contributed by atoms with Crippen LogP contribution in [0.4, 0.5) is 5.69 Å². The number of nitrogens with one attached hydrogen (secondary N) is 1. The molecule has 0 aliphatic rings. The first-order chi connectivity index (χ1) is 8.35. The van der Waals surface area contributed by atoms with E-state index in [1.165, 1.54) is 28.8 Å². The van der Waals surface area contributed by atoms with Gasteiger partial charge in [0.1, 0.15) is 0 Å². The third kappa shape index (κ3) is 2.68. The molecule has 2 aromatic rings. The summed E-state index contributed by atoms with van der Waals surface area (Å²) in [4.78, 5) is 0. The van der Waals surface area contributed by atoms with Crippen molar-refractivity contribution in [2.24, 2.45) is 0 Å². The predicted molar refractivity (Wildman–Crippen MR) is 75.4 cm³/mol. The molecule has 0 heterocycles. The Kier molecular flexibility index (Phi) is 3.81. The van der Waals surface area contributed by atoms with Crippen molar-refractivity contribution in [2.75, 3.05) is 12.4 Å². The van der Waals surface area contributed by atoms with Crippen LogP contribution in [0.5, 0.6) is 0 Å². The van der Waals surface area contributed by atoms with Crippen LogP contribution in [-0.2, 0) is 6.42 Å². The third-order valence-corrected chi connectivity index (χ3v) is 2.98. The first-order valence-electron chi connectivity index (χ1n) is 6.21. The zero-order valence-electron chi connectivity index (χ0n) is 10.5. The summed E-state index contributed by atoms with van der Waals surface area (Å²) >= 11 is 0. The lowest BCUT2D eigenvalue weighted by atomic mass is 10.00. The molecule has 0 amide bonds. The van der Waals surface area contributed by atoms with Crippen molar-refractivity contribution < 1.29 is 0 Å². The average Bonchev–Trinajstić information content (AvgIpc) is 2.40. The van der Waals surface area contributed by atoms with Gasteiger partial charge in [-0.1, -0.05) is 55.8 Å². The maximum atomic E-state index is 3.29. The van der Waals surface area contributed by atoms with Crippen LogP contribution in [-0.4, -0.2) is 7.05 Å². The van der Waals surface area contributed by atoms with E-state index in [1.54, 1.807) is 0 Å². The lowest BCUT2D eigenvalue weighted by molar-refractivity contribution is 0.922. The van der Waals surface area contributed by atoms with Crippen LogP contribution in [0.3, 0.4) is 0 Å². The highest BCUT2D eigenvalue weighted by molar-refractivity contribution is 5.78. The minimum Gasteiger partial charge on any atom is -0.388 e. The number of aryl methyl sites for hydroxylation is 1. The van der Waals surface area contributed by atoms with Crippen molar-refractivity contribution in [2.45, 2.75) is 19.8 Å². The van der Waals surface area contributed by atoms with Gasteiger partial charge in [-0.3, -0.25) is 0 Å². The van der Waals surface area contributed by atoms with Gasteiger partial charge in [-0.15, -0.1) is 0 Å². The van der Waals surface area contributed by atoms with E-state index in [0.717, 1.165) is 6.42 Å². The Morgan fingerprint density at radius 3 is 2.41 bits per heavy atom. The Balaban J connectivity index is 2.41. The quantitative estimate of drug-likeness (QED) is 0.815. The summed E-state index contributed by atoms with van der Waals surface area (Å²) in [6.07, 6.45) is 2.33. The molecule has 17 heavy (non-hydrogen) atoms. The normalized spacial score (nSPS) is 10.2. The van der Waals surface area contributed by atoms with E-state index in [-0.39, 0.29) is 0 Å². The molecule has 0 spiro atoms. The fraction of sp³-hybridized carbons (Fsp3) is 0.250. The summed E-state index contributed by atoms with van der Waals surface area (Å²) in [5.74, 6) is 0. The third-order valence-electron chi connectivity index (χ3n) is 2.98. The second-order valence-electron chi connectivity index (χ2n) is 4.25. The maximum absolute atomic E-state index is 3.29. The molecule has 0 radical (unpaired) electrons. The van der Waals surface area contributed by atoms with Gasteiger partial charge in [0.05, 0.1) is 0 Å². The van der Waals surface area contributed by atoms with Crippen LogP contribution < -0.4 is 5.32 Å². The smallest absolute Gasteiger partial charge is 0.0420 e. The summed E-state index contributed by atoms with van der Waals surface area (Å²) < 4.78 is 0. The van der Waals surface area contributed by atoms with E-state index in [9.17, 15) is 0 Å². The van der Waals surface area contributed by atoms with Crippen molar-refractivity contribution in [1.29, 1.82) is 0 Å². The van der Waals surface area contributed by atoms with E-state index < -0.39 is 0 Å². The van der Waals surface area contributed by atoms with Crippen molar-refractivity contribution in [3.63, 3.8) is 0 Å². The summed E-state index contributed by atoms with van der Waals surface area (Å²) in [6, 6.07) is 17.2. The highest BCUT2D eigenvalue weighted by Crippen LogP contribution is 2.28. The van der Waals surface area contributed by atoms with Gasteiger partial charge in [0, 0.05) is 18.3 Å². The Bertz CT molecular complexity index is 474. The summed E-state index contributed by atoms with van der Waals surface area (Å²) in [5, 5.41) is 3.29. The molecule has 1 N–H and O–H groups in total. The topological polar surface area (TPSA) is 12.0 Å². The van der Waals surface area contributed by atoms with E-state index in [2.05, 4.69) is 54.7 Å². The molecule has 1 heteroatoms. The second kappa shape index (κ2) is 5.53. The molecule has 88 valence electrons. The number of rotatable bonds is 4. The van der Waals surface area contributed by atoms with Gasteiger partial charge in [0.25, 0.3) is 0 Å². The number of hydrogen-bond donors (Lipinski definition) is 1. The Morgan fingerprint density at radius 1 is 1.00 bits per heavy atom. The fourth-order valence-corrected chi connectivity index (χ4v) is 2.11. The van der Waals surface area contributed by atoms with Crippen LogP contribution in [0.25, 0.3) is 11.1 Å². The highest BCUT2D eigenvalue weighted by atomic mass is 14.8. The van der Waals surface area contributed by atoms with Crippen LogP contribution in [0.2, 0.25) is 0 Å². The summed E-state index contributed by atoms with van der Waals surface area (Å²) in [5.41, 5.74) is 5.14. The van der Waals surface area contributed by atoms with Gasteiger partial charge < -0.3 is 5.32 Å². The summed E-state index contributed by atoms with van der Waals surface area (Å²) in [7, 11) is 1.98. The van der Waals surface area contributed by atoms with Crippen LogP contribution in [0.15, 0.2) is 48.5 Å². The lowest BCUT2D eigenvalue weighted by Gasteiger charge is -2.11. The predicted octanol–water partition coefficient (Wildman–Crippen LogP) is 4.35. The van der Waals surface area contributed by atoms with Gasteiger partial charge in [-0.05, 0) is 23.6 Å². The molecule has 0 aromatic heterocycles. The van der Waals surface area contributed by atoms with E-state index in [0.29, 0.717) is 0 Å². The number of anilines is 1. The molecule has 1 nitrogen and oxygen atoms in total. The second-order valence-corrected chi connectivity index (χ2v) is 4.25. The zero-order chi connectivity index (χ0) is 12.1. The molecule has 0 atom stereocenters. The molecule has 0 aliphatic carbocycles. The molecule has 0 unspecified atom stereocenters. The van der Waals surface area contributed by atoms with E-state index in [1.807, 2.05) is 13.1 Å². The van der Waals surface area contributed by atoms with Crippen molar-refractivity contribution >= 4 is 5.69 Å². The number of benzene rings is 2. The first kappa shape index (κ1) is 11.7. The Labute approximate surface area is 103 Å². The van der Waals surface area contributed by atoms with Crippen LogP contribution in [0.1, 0.15) is 18.9 Å². The minimum atomic E-state index is 1.14. The Morgan fingerprint density at radius 2 is 1.76 bits per heavy atom. The van der Waals surface area contributed by atoms with Crippen LogP contribution in [0, 0.1) is 0 Å². The maximum Gasteiger partial charge on any atom is 0.0420 e. The van der Waals surface area contributed by atoms with Crippen LogP contribution >= 0.6 is 0 Å². The van der Waals surface area contributed by atoms with Gasteiger partial charge in [0.15, 0.2) is 0 Å². The minimum absolute atomic E-state index is 1.14. The molecule has 2 aromatic carbocycles. The highest BCUT2D eigenvalue weighted by Gasteiger charge is 2.04.